The molecule has 0 radical (unpaired) electrons. The van der Waals surface area contributed by atoms with Crippen LogP contribution in [-0.4, -0.2) is 39.6 Å². The predicted molar refractivity (Wildman–Crippen MR) is 89.9 cm³/mol. The number of hydrogen-bond acceptors (Lipinski definition) is 4. The number of nitrogens with one attached hydrogen (secondary N) is 1. The minimum absolute atomic E-state index is 0.234. The minimum Gasteiger partial charge on any atom is -0.385 e. The van der Waals surface area contributed by atoms with Gasteiger partial charge in [-0.1, -0.05) is 6.92 Å². The number of anilines is 2. The first-order chi connectivity index (χ1) is 10.1. The molecule has 1 N–H and O–H groups in total. The Labute approximate surface area is 128 Å². The third-order valence-electron chi connectivity index (χ3n) is 3.99. The fraction of sp³-hybridized carbons (Fsp3) is 0.625. The molecule has 0 amide bonds. The normalized spacial score (nSPS) is 16.0. The molecule has 0 atom stereocenters. The van der Waals surface area contributed by atoms with Crippen LogP contribution in [-0.2, 0) is 9.84 Å². The Kier molecular flexibility index (Phi) is 5.91. The molecule has 1 aliphatic heterocycles. The van der Waals surface area contributed by atoms with Crippen molar-refractivity contribution < 1.29 is 8.42 Å². The zero-order valence-electron chi connectivity index (χ0n) is 12.8. The van der Waals surface area contributed by atoms with Crippen LogP contribution in [0.25, 0.3) is 0 Å². The van der Waals surface area contributed by atoms with E-state index in [0.29, 0.717) is 13.0 Å². The van der Waals surface area contributed by atoms with E-state index in [0.717, 1.165) is 18.8 Å². The van der Waals surface area contributed by atoms with E-state index >= 15 is 0 Å². The molecule has 118 valence electrons. The Hall–Kier alpha value is -1.23. The van der Waals surface area contributed by atoms with E-state index in [1.54, 1.807) is 6.92 Å². The van der Waals surface area contributed by atoms with Gasteiger partial charge in [0, 0.05) is 36.8 Å². The zero-order valence-corrected chi connectivity index (χ0v) is 13.7. The molecule has 1 aliphatic rings. The first kappa shape index (κ1) is 16.1. The van der Waals surface area contributed by atoms with Crippen molar-refractivity contribution in [2.45, 2.75) is 32.6 Å². The number of piperidine rings is 1. The molecule has 0 bridgehead atoms. The SMILES string of the molecule is CCS(=O)(=O)CCCNc1ccc(N2CCCCC2)cc1. The van der Waals surface area contributed by atoms with Gasteiger partial charge in [0.2, 0.25) is 0 Å². The van der Waals surface area contributed by atoms with E-state index in [1.807, 2.05) is 0 Å². The van der Waals surface area contributed by atoms with Crippen molar-refractivity contribution in [3.8, 4) is 0 Å². The molecule has 1 saturated heterocycles. The second-order valence-electron chi connectivity index (χ2n) is 5.61. The summed E-state index contributed by atoms with van der Waals surface area (Å²) in [4.78, 5) is 2.43. The lowest BCUT2D eigenvalue weighted by Gasteiger charge is -2.28. The van der Waals surface area contributed by atoms with Gasteiger partial charge in [0.05, 0.1) is 5.75 Å². The van der Waals surface area contributed by atoms with Gasteiger partial charge in [0.15, 0.2) is 0 Å². The number of nitrogens with zero attached hydrogens (tertiary/aromatic N) is 1. The molecular weight excluding hydrogens is 284 g/mol. The second-order valence-corrected chi connectivity index (χ2v) is 8.08. The summed E-state index contributed by atoms with van der Waals surface area (Å²) in [6.07, 6.45) is 4.57. The smallest absolute Gasteiger partial charge is 0.150 e. The molecule has 1 aromatic carbocycles. The number of benzene rings is 1. The Balaban J connectivity index is 1.77. The van der Waals surface area contributed by atoms with Crippen LogP contribution >= 0.6 is 0 Å². The van der Waals surface area contributed by atoms with Gasteiger partial charge in [-0.05, 0) is 49.9 Å². The number of hydrogen-bond donors (Lipinski definition) is 1. The van der Waals surface area contributed by atoms with Gasteiger partial charge in [0.1, 0.15) is 9.84 Å². The van der Waals surface area contributed by atoms with Crippen LogP contribution in [0.5, 0.6) is 0 Å². The van der Waals surface area contributed by atoms with Gasteiger partial charge >= 0.3 is 0 Å². The first-order valence-corrected chi connectivity index (χ1v) is 9.72. The molecule has 21 heavy (non-hydrogen) atoms. The van der Waals surface area contributed by atoms with Gasteiger partial charge in [0.25, 0.3) is 0 Å². The van der Waals surface area contributed by atoms with Crippen LogP contribution in [0.15, 0.2) is 24.3 Å². The molecule has 0 aromatic heterocycles. The highest BCUT2D eigenvalue weighted by molar-refractivity contribution is 7.91. The number of sulfone groups is 1. The Morgan fingerprint density at radius 1 is 1.10 bits per heavy atom. The highest BCUT2D eigenvalue weighted by atomic mass is 32.2. The molecule has 0 spiro atoms. The van der Waals surface area contributed by atoms with Crippen molar-refractivity contribution in [2.75, 3.05) is 41.4 Å². The topological polar surface area (TPSA) is 49.4 Å². The summed E-state index contributed by atoms with van der Waals surface area (Å²) in [6.45, 7) is 4.70. The van der Waals surface area contributed by atoms with Crippen LogP contribution in [0.4, 0.5) is 11.4 Å². The van der Waals surface area contributed by atoms with E-state index < -0.39 is 9.84 Å². The molecule has 4 nitrogen and oxygen atoms in total. The van der Waals surface area contributed by atoms with Gasteiger partial charge in [-0.25, -0.2) is 8.42 Å². The van der Waals surface area contributed by atoms with Gasteiger partial charge in [-0.2, -0.15) is 0 Å². The Morgan fingerprint density at radius 3 is 2.38 bits per heavy atom. The largest absolute Gasteiger partial charge is 0.385 e. The summed E-state index contributed by atoms with van der Waals surface area (Å²) in [5, 5.41) is 3.29. The Morgan fingerprint density at radius 2 is 1.76 bits per heavy atom. The fourth-order valence-electron chi connectivity index (χ4n) is 2.61. The average molecular weight is 310 g/mol. The van der Waals surface area contributed by atoms with Gasteiger partial charge in [-0.3, -0.25) is 0 Å². The molecule has 0 saturated carbocycles. The maximum absolute atomic E-state index is 11.4. The minimum atomic E-state index is -2.84. The van der Waals surface area contributed by atoms with Crippen molar-refractivity contribution in [1.82, 2.24) is 0 Å². The van der Waals surface area contributed by atoms with E-state index in [4.69, 9.17) is 0 Å². The molecule has 1 aromatic rings. The van der Waals surface area contributed by atoms with Crippen LogP contribution in [0.2, 0.25) is 0 Å². The maximum atomic E-state index is 11.4. The maximum Gasteiger partial charge on any atom is 0.150 e. The fourth-order valence-corrected chi connectivity index (χ4v) is 3.48. The van der Waals surface area contributed by atoms with Crippen molar-refractivity contribution in [1.29, 1.82) is 0 Å². The van der Waals surface area contributed by atoms with Crippen LogP contribution in [0.3, 0.4) is 0 Å². The first-order valence-electron chi connectivity index (χ1n) is 7.90. The van der Waals surface area contributed by atoms with E-state index in [1.165, 1.54) is 24.9 Å². The van der Waals surface area contributed by atoms with E-state index in [2.05, 4.69) is 34.5 Å². The second kappa shape index (κ2) is 7.69. The molecule has 0 aliphatic carbocycles. The monoisotopic (exact) mass is 310 g/mol. The quantitative estimate of drug-likeness (QED) is 0.787. The lowest BCUT2D eigenvalue weighted by molar-refractivity contribution is 0.578. The molecule has 0 unspecified atom stereocenters. The van der Waals surface area contributed by atoms with Gasteiger partial charge < -0.3 is 10.2 Å². The van der Waals surface area contributed by atoms with Crippen molar-refractivity contribution in [3.63, 3.8) is 0 Å². The lowest BCUT2D eigenvalue weighted by Crippen LogP contribution is -2.29. The Bertz CT molecular complexity index is 520. The molecular formula is C16H26N2O2S. The van der Waals surface area contributed by atoms with Crippen LogP contribution < -0.4 is 10.2 Å². The highest BCUT2D eigenvalue weighted by Gasteiger charge is 2.10. The summed E-state index contributed by atoms with van der Waals surface area (Å²) in [5.74, 6) is 0.500. The summed E-state index contributed by atoms with van der Waals surface area (Å²) < 4.78 is 22.8. The summed E-state index contributed by atoms with van der Waals surface area (Å²) in [6, 6.07) is 8.46. The third kappa shape index (κ3) is 5.23. The van der Waals surface area contributed by atoms with Crippen molar-refractivity contribution in [2.24, 2.45) is 0 Å². The van der Waals surface area contributed by atoms with Crippen molar-refractivity contribution in [3.05, 3.63) is 24.3 Å². The summed E-state index contributed by atoms with van der Waals surface area (Å²) in [7, 11) is -2.84. The molecule has 1 heterocycles. The van der Waals surface area contributed by atoms with Crippen molar-refractivity contribution >= 4 is 21.2 Å². The molecule has 2 rings (SSSR count). The van der Waals surface area contributed by atoms with Crippen LogP contribution in [0.1, 0.15) is 32.6 Å². The predicted octanol–water partition coefficient (Wildman–Crippen LogP) is 2.91. The zero-order chi connectivity index (χ0) is 15.1. The third-order valence-corrected chi connectivity index (χ3v) is 5.78. The van der Waals surface area contributed by atoms with Gasteiger partial charge in [-0.15, -0.1) is 0 Å². The molecule has 5 heteroatoms. The lowest BCUT2D eigenvalue weighted by atomic mass is 10.1. The van der Waals surface area contributed by atoms with Crippen LogP contribution in [0, 0.1) is 0 Å². The summed E-state index contributed by atoms with van der Waals surface area (Å²) in [5.41, 5.74) is 2.35. The van der Waals surface area contributed by atoms with E-state index in [-0.39, 0.29) is 11.5 Å². The standard InChI is InChI=1S/C16H26N2O2S/c1-2-21(19,20)14-6-11-17-15-7-9-16(10-8-15)18-12-4-3-5-13-18/h7-10,17H,2-6,11-14H2,1H3. The average Bonchev–Trinajstić information content (AvgIpc) is 2.53. The van der Waals surface area contributed by atoms with E-state index in [9.17, 15) is 8.42 Å². The highest BCUT2D eigenvalue weighted by Crippen LogP contribution is 2.21. The number of rotatable bonds is 7. The molecule has 1 fully saturated rings. The summed E-state index contributed by atoms with van der Waals surface area (Å²) >= 11 is 0.